The number of rotatable bonds is 5. The van der Waals surface area contributed by atoms with Gasteiger partial charge in [-0.05, 0) is 29.8 Å². The maximum atomic E-state index is 11.9. The average Bonchev–Trinajstić information content (AvgIpc) is 2.54. The molecule has 0 spiro atoms. The van der Waals surface area contributed by atoms with Crippen LogP contribution in [0.2, 0.25) is 0 Å². The fraction of sp³-hybridized carbons (Fsp3) is 0.222. The van der Waals surface area contributed by atoms with E-state index in [9.17, 15) is 9.59 Å². The monoisotopic (exact) mass is 296 g/mol. The van der Waals surface area contributed by atoms with E-state index >= 15 is 0 Å². The Morgan fingerprint density at radius 2 is 1.59 bits per heavy atom. The van der Waals surface area contributed by atoms with Gasteiger partial charge in [0.25, 0.3) is 5.91 Å². The minimum absolute atomic E-state index is 0.00914. The van der Waals surface area contributed by atoms with Gasteiger partial charge in [0, 0.05) is 23.7 Å². The van der Waals surface area contributed by atoms with Gasteiger partial charge in [0.1, 0.15) is 0 Å². The molecular formula is C18H20N2O2. The Hall–Kier alpha value is -2.62. The SMILES string of the molecule is CC(C)C(=O)Nc1ccc(CNC(=O)c2ccccc2)cc1. The smallest absolute Gasteiger partial charge is 0.251 e. The Morgan fingerprint density at radius 1 is 0.955 bits per heavy atom. The van der Waals surface area contributed by atoms with Crippen LogP contribution in [0.1, 0.15) is 29.8 Å². The summed E-state index contributed by atoms with van der Waals surface area (Å²) in [4.78, 5) is 23.5. The zero-order chi connectivity index (χ0) is 15.9. The van der Waals surface area contributed by atoms with Crippen molar-refractivity contribution in [1.29, 1.82) is 0 Å². The van der Waals surface area contributed by atoms with Crippen molar-refractivity contribution >= 4 is 17.5 Å². The molecule has 0 radical (unpaired) electrons. The third kappa shape index (κ3) is 4.45. The largest absolute Gasteiger partial charge is 0.348 e. The van der Waals surface area contributed by atoms with Crippen molar-refractivity contribution in [3.8, 4) is 0 Å². The second-order valence-corrected chi connectivity index (χ2v) is 5.39. The van der Waals surface area contributed by atoms with Crippen LogP contribution >= 0.6 is 0 Å². The molecule has 2 aromatic carbocycles. The van der Waals surface area contributed by atoms with Gasteiger partial charge in [-0.3, -0.25) is 9.59 Å². The minimum atomic E-state index is -0.0993. The van der Waals surface area contributed by atoms with Gasteiger partial charge in [-0.1, -0.05) is 44.2 Å². The molecule has 4 nitrogen and oxygen atoms in total. The van der Waals surface area contributed by atoms with Gasteiger partial charge in [0.15, 0.2) is 0 Å². The van der Waals surface area contributed by atoms with Gasteiger partial charge < -0.3 is 10.6 Å². The summed E-state index contributed by atoms with van der Waals surface area (Å²) in [6.07, 6.45) is 0. The molecule has 0 bridgehead atoms. The summed E-state index contributed by atoms with van der Waals surface area (Å²) in [6.45, 7) is 4.15. The maximum Gasteiger partial charge on any atom is 0.251 e. The van der Waals surface area contributed by atoms with E-state index in [0.29, 0.717) is 12.1 Å². The predicted octanol–water partition coefficient (Wildman–Crippen LogP) is 3.21. The van der Waals surface area contributed by atoms with Crippen molar-refractivity contribution < 1.29 is 9.59 Å². The number of carbonyl (C=O) groups excluding carboxylic acids is 2. The van der Waals surface area contributed by atoms with Gasteiger partial charge in [-0.25, -0.2) is 0 Å². The molecule has 0 atom stereocenters. The van der Waals surface area contributed by atoms with Gasteiger partial charge in [-0.2, -0.15) is 0 Å². The number of carbonyl (C=O) groups is 2. The summed E-state index contributed by atoms with van der Waals surface area (Å²) in [6, 6.07) is 16.6. The zero-order valence-corrected chi connectivity index (χ0v) is 12.8. The van der Waals surface area contributed by atoms with Crippen molar-refractivity contribution in [2.75, 3.05) is 5.32 Å². The van der Waals surface area contributed by atoms with Crippen molar-refractivity contribution in [1.82, 2.24) is 5.32 Å². The lowest BCUT2D eigenvalue weighted by Gasteiger charge is -2.09. The van der Waals surface area contributed by atoms with Crippen LogP contribution in [0.4, 0.5) is 5.69 Å². The van der Waals surface area contributed by atoms with Crippen molar-refractivity contribution in [3.63, 3.8) is 0 Å². The molecule has 2 aromatic rings. The van der Waals surface area contributed by atoms with Gasteiger partial charge in [0.05, 0.1) is 0 Å². The van der Waals surface area contributed by atoms with Crippen LogP contribution in [0.3, 0.4) is 0 Å². The van der Waals surface area contributed by atoms with Crippen LogP contribution < -0.4 is 10.6 Å². The second kappa shape index (κ2) is 7.41. The van der Waals surface area contributed by atoms with Crippen LogP contribution in [0.5, 0.6) is 0 Å². The van der Waals surface area contributed by atoms with Gasteiger partial charge in [0.2, 0.25) is 5.91 Å². The van der Waals surface area contributed by atoms with Crippen LogP contribution in [0, 0.1) is 5.92 Å². The first kappa shape index (κ1) is 15.8. The quantitative estimate of drug-likeness (QED) is 0.890. The summed E-state index contributed by atoms with van der Waals surface area (Å²) in [5, 5.41) is 5.70. The fourth-order valence-electron chi connectivity index (χ4n) is 1.87. The molecular weight excluding hydrogens is 276 g/mol. The van der Waals surface area contributed by atoms with Gasteiger partial charge >= 0.3 is 0 Å². The normalized spacial score (nSPS) is 10.3. The first-order valence-corrected chi connectivity index (χ1v) is 7.29. The molecule has 0 aliphatic heterocycles. The van der Waals surface area contributed by atoms with Crippen LogP contribution in [0.25, 0.3) is 0 Å². The number of nitrogens with one attached hydrogen (secondary N) is 2. The molecule has 0 saturated carbocycles. The fourth-order valence-corrected chi connectivity index (χ4v) is 1.87. The summed E-state index contributed by atoms with van der Waals surface area (Å²) in [7, 11) is 0. The van der Waals surface area contributed by atoms with Crippen LogP contribution in [-0.2, 0) is 11.3 Å². The second-order valence-electron chi connectivity index (χ2n) is 5.39. The molecule has 4 heteroatoms. The molecule has 2 rings (SSSR count). The first-order chi connectivity index (χ1) is 10.6. The highest BCUT2D eigenvalue weighted by Gasteiger charge is 2.07. The first-order valence-electron chi connectivity index (χ1n) is 7.29. The highest BCUT2D eigenvalue weighted by molar-refractivity contribution is 5.94. The molecule has 0 fully saturated rings. The number of amides is 2. The van der Waals surface area contributed by atoms with E-state index in [-0.39, 0.29) is 17.7 Å². The summed E-state index contributed by atoms with van der Waals surface area (Å²) < 4.78 is 0. The molecule has 0 saturated heterocycles. The molecule has 22 heavy (non-hydrogen) atoms. The topological polar surface area (TPSA) is 58.2 Å². The van der Waals surface area contributed by atoms with Gasteiger partial charge in [-0.15, -0.1) is 0 Å². The summed E-state index contributed by atoms with van der Waals surface area (Å²) in [5.41, 5.74) is 2.38. The average molecular weight is 296 g/mol. The highest BCUT2D eigenvalue weighted by Crippen LogP contribution is 2.11. The molecule has 0 unspecified atom stereocenters. The lowest BCUT2D eigenvalue weighted by Crippen LogP contribution is -2.22. The van der Waals surface area contributed by atoms with Crippen molar-refractivity contribution in [3.05, 3.63) is 65.7 Å². The number of benzene rings is 2. The van der Waals surface area contributed by atoms with E-state index in [1.54, 1.807) is 12.1 Å². The molecule has 0 heterocycles. The molecule has 0 aliphatic rings. The van der Waals surface area contributed by atoms with E-state index in [2.05, 4.69) is 10.6 Å². The van der Waals surface area contributed by atoms with Crippen LogP contribution in [0.15, 0.2) is 54.6 Å². The Balaban J connectivity index is 1.89. The lowest BCUT2D eigenvalue weighted by molar-refractivity contribution is -0.118. The third-order valence-corrected chi connectivity index (χ3v) is 3.23. The van der Waals surface area contributed by atoms with Crippen molar-refractivity contribution in [2.45, 2.75) is 20.4 Å². The van der Waals surface area contributed by atoms with E-state index in [4.69, 9.17) is 0 Å². The Labute approximate surface area is 130 Å². The standard InChI is InChI=1S/C18H20N2O2/c1-13(2)17(21)20-16-10-8-14(9-11-16)12-19-18(22)15-6-4-3-5-7-15/h3-11,13H,12H2,1-2H3,(H,19,22)(H,20,21). The van der Waals surface area contributed by atoms with E-state index in [0.717, 1.165) is 11.3 Å². The van der Waals surface area contributed by atoms with E-state index < -0.39 is 0 Å². The zero-order valence-electron chi connectivity index (χ0n) is 12.8. The summed E-state index contributed by atoms with van der Waals surface area (Å²) in [5.74, 6) is -0.159. The van der Waals surface area contributed by atoms with Crippen molar-refractivity contribution in [2.24, 2.45) is 5.92 Å². The highest BCUT2D eigenvalue weighted by atomic mass is 16.2. The van der Waals surface area contributed by atoms with E-state index in [1.165, 1.54) is 0 Å². The number of hydrogen-bond acceptors (Lipinski definition) is 2. The van der Waals surface area contributed by atoms with Crippen LogP contribution in [-0.4, -0.2) is 11.8 Å². The molecule has 0 aromatic heterocycles. The molecule has 114 valence electrons. The third-order valence-electron chi connectivity index (χ3n) is 3.23. The predicted molar refractivity (Wildman–Crippen MR) is 87.5 cm³/mol. The number of anilines is 1. The Kier molecular flexibility index (Phi) is 5.31. The maximum absolute atomic E-state index is 11.9. The molecule has 0 aliphatic carbocycles. The Morgan fingerprint density at radius 3 is 2.18 bits per heavy atom. The lowest BCUT2D eigenvalue weighted by atomic mass is 10.1. The van der Waals surface area contributed by atoms with E-state index in [1.807, 2.05) is 56.3 Å². The minimum Gasteiger partial charge on any atom is -0.348 e. The Bertz CT molecular complexity index is 634. The number of hydrogen-bond donors (Lipinski definition) is 2. The summed E-state index contributed by atoms with van der Waals surface area (Å²) >= 11 is 0. The molecule has 2 amide bonds. The molecule has 2 N–H and O–H groups in total.